The number of amides is 2. The molecule has 2 heterocycles. The first-order chi connectivity index (χ1) is 12.5. The van der Waals surface area contributed by atoms with E-state index in [1.807, 2.05) is 11.4 Å². The largest absolute Gasteiger partial charge is 0.495 e. The topological polar surface area (TPSA) is 70.1 Å². The molecule has 0 aliphatic carbocycles. The molecule has 0 fully saturated rings. The fraction of sp³-hybridized carbons (Fsp3) is 0.222. The summed E-state index contributed by atoms with van der Waals surface area (Å²) in [5.41, 5.74) is 0.957. The number of aliphatic hydroxyl groups excluding tert-OH is 1. The minimum Gasteiger partial charge on any atom is -0.495 e. The summed E-state index contributed by atoms with van der Waals surface area (Å²) in [7, 11) is 3.17. The third kappa shape index (κ3) is 3.09. The molecule has 1 aliphatic heterocycles. The smallest absolute Gasteiger partial charge is 0.282 e. The van der Waals surface area contributed by atoms with E-state index in [4.69, 9.17) is 16.3 Å². The Morgan fingerprint density at radius 1 is 1.27 bits per heavy atom. The molecule has 0 saturated heterocycles. The van der Waals surface area contributed by atoms with Crippen molar-refractivity contribution < 1.29 is 19.4 Å². The summed E-state index contributed by atoms with van der Waals surface area (Å²) in [6, 6.07) is 8.36. The van der Waals surface area contributed by atoms with Crippen LogP contribution in [0.4, 0.5) is 5.69 Å². The molecule has 1 aliphatic rings. The maximum absolute atomic E-state index is 13.1. The SMILES string of the molecule is COc1ccc(N2C(=O)C(c3cccs3)=C(N(C)CCO)C2=O)cc1Cl. The first kappa shape index (κ1) is 18.4. The van der Waals surface area contributed by atoms with Gasteiger partial charge in [0.1, 0.15) is 11.4 Å². The lowest BCUT2D eigenvalue weighted by atomic mass is 10.2. The second-order valence-corrected chi connectivity index (χ2v) is 6.97. The third-order valence-electron chi connectivity index (χ3n) is 4.04. The normalized spacial score (nSPS) is 14.4. The quantitative estimate of drug-likeness (QED) is 0.765. The van der Waals surface area contributed by atoms with Crippen LogP contribution in [0, 0.1) is 0 Å². The number of hydrogen-bond acceptors (Lipinski definition) is 6. The Kier molecular flexibility index (Phi) is 5.31. The van der Waals surface area contributed by atoms with Crippen molar-refractivity contribution in [3.63, 3.8) is 0 Å². The molecule has 0 atom stereocenters. The highest BCUT2D eigenvalue weighted by Crippen LogP contribution is 2.38. The average Bonchev–Trinajstić information content (AvgIpc) is 3.21. The summed E-state index contributed by atoms with van der Waals surface area (Å²) in [5.74, 6) is -0.410. The van der Waals surface area contributed by atoms with E-state index in [-0.39, 0.29) is 18.8 Å². The van der Waals surface area contributed by atoms with Crippen LogP contribution in [-0.4, -0.2) is 49.1 Å². The number of carbonyl (C=O) groups is 2. The third-order valence-corrected chi connectivity index (χ3v) is 5.22. The monoisotopic (exact) mass is 392 g/mol. The summed E-state index contributed by atoms with van der Waals surface area (Å²) in [6.45, 7) is 0.105. The van der Waals surface area contributed by atoms with Gasteiger partial charge in [0, 0.05) is 18.5 Å². The van der Waals surface area contributed by atoms with Crippen LogP contribution in [0.1, 0.15) is 4.88 Å². The summed E-state index contributed by atoms with van der Waals surface area (Å²) in [6.07, 6.45) is 0. The summed E-state index contributed by atoms with van der Waals surface area (Å²) in [5, 5.41) is 11.4. The van der Waals surface area contributed by atoms with Gasteiger partial charge < -0.3 is 14.7 Å². The first-order valence-electron chi connectivity index (χ1n) is 7.82. The zero-order valence-corrected chi connectivity index (χ0v) is 15.8. The van der Waals surface area contributed by atoms with E-state index in [2.05, 4.69) is 0 Å². The summed E-state index contributed by atoms with van der Waals surface area (Å²) >= 11 is 7.54. The van der Waals surface area contributed by atoms with E-state index in [0.717, 1.165) is 4.90 Å². The Bertz CT molecular complexity index is 879. The lowest BCUT2D eigenvalue weighted by Crippen LogP contribution is -2.34. The first-order valence-corrected chi connectivity index (χ1v) is 9.07. The van der Waals surface area contributed by atoms with Gasteiger partial charge in [0.05, 0.1) is 30.0 Å². The average molecular weight is 393 g/mol. The Morgan fingerprint density at radius 3 is 2.62 bits per heavy atom. The van der Waals surface area contributed by atoms with Gasteiger partial charge in [0.15, 0.2) is 0 Å². The summed E-state index contributed by atoms with van der Waals surface area (Å²) in [4.78, 5) is 29.5. The number of hydrogen-bond donors (Lipinski definition) is 1. The number of ether oxygens (including phenoxy) is 1. The molecule has 26 heavy (non-hydrogen) atoms. The molecule has 1 aromatic carbocycles. The van der Waals surface area contributed by atoms with Crippen LogP contribution in [0.2, 0.25) is 5.02 Å². The molecule has 6 nitrogen and oxygen atoms in total. The van der Waals surface area contributed by atoms with Crippen LogP contribution < -0.4 is 9.64 Å². The van der Waals surface area contributed by atoms with E-state index >= 15 is 0 Å². The Labute approximate surface area is 159 Å². The van der Waals surface area contributed by atoms with Crippen molar-refractivity contribution in [3.8, 4) is 5.75 Å². The standard InChI is InChI=1S/C18H17ClN2O4S/c1-20(7-8-22)16-15(14-4-3-9-26-14)17(23)21(18(16)24)11-5-6-13(25-2)12(19)10-11/h3-6,9-10,22H,7-8H2,1-2H3. The number of imide groups is 1. The van der Waals surface area contributed by atoms with Crippen molar-refractivity contribution in [1.82, 2.24) is 4.90 Å². The van der Waals surface area contributed by atoms with Crippen LogP contribution in [0.5, 0.6) is 5.75 Å². The van der Waals surface area contributed by atoms with E-state index < -0.39 is 11.8 Å². The van der Waals surface area contributed by atoms with Gasteiger partial charge in [0.25, 0.3) is 11.8 Å². The van der Waals surface area contributed by atoms with Crippen molar-refractivity contribution in [2.24, 2.45) is 0 Å². The molecule has 0 radical (unpaired) electrons. The molecule has 0 saturated carbocycles. The maximum Gasteiger partial charge on any atom is 0.282 e. The van der Waals surface area contributed by atoms with Gasteiger partial charge in [-0.3, -0.25) is 9.59 Å². The molecule has 3 rings (SSSR count). The molecule has 8 heteroatoms. The van der Waals surface area contributed by atoms with Gasteiger partial charge in [-0.25, -0.2) is 4.90 Å². The number of methoxy groups -OCH3 is 1. The van der Waals surface area contributed by atoms with Crippen molar-refractivity contribution in [3.05, 3.63) is 51.3 Å². The van der Waals surface area contributed by atoms with Crippen LogP contribution in [0.25, 0.3) is 5.57 Å². The van der Waals surface area contributed by atoms with Crippen molar-refractivity contribution in [2.45, 2.75) is 0 Å². The maximum atomic E-state index is 13.1. The van der Waals surface area contributed by atoms with Gasteiger partial charge in [-0.1, -0.05) is 17.7 Å². The van der Waals surface area contributed by atoms with Gasteiger partial charge in [-0.05, 0) is 29.6 Å². The van der Waals surface area contributed by atoms with Crippen molar-refractivity contribution >= 4 is 46.0 Å². The minimum absolute atomic E-state index is 0.131. The number of benzene rings is 1. The molecule has 0 spiro atoms. The number of aliphatic hydroxyl groups is 1. The van der Waals surface area contributed by atoms with E-state index in [1.165, 1.54) is 24.5 Å². The highest BCUT2D eigenvalue weighted by Gasteiger charge is 2.42. The lowest BCUT2D eigenvalue weighted by molar-refractivity contribution is -0.120. The molecule has 136 valence electrons. The van der Waals surface area contributed by atoms with Gasteiger partial charge in [-0.15, -0.1) is 11.3 Å². The number of anilines is 1. The number of thiophene rings is 1. The predicted molar refractivity (Wildman–Crippen MR) is 101 cm³/mol. The molecular weight excluding hydrogens is 376 g/mol. The van der Waals surface area contributed by atoms with E-state index in [1.54, 1.807) is 30.1 Å². The predicted octanol–water partition coefficient (Wildman–Crippen LogP) is 2.62. The fourth-order valence-electron chi connectivity index (χ4n) is 2.81. The Hall–Kier alpha value is -2.35. The number of nitrogens with zero attached hydrogens (tertiary/aromatic N) is 2. The molecule has 0 unspecified atom stereocenters. The van der Waals surface area contributed by atoms with Gasteiger partial charge in [-0.2, -0.15) is 0 Å². The van der Waals surface area contributed by atoms with E-state index in [0.29, 0.717) is 26.9 Å². The highest BCUT2D eigenvalue weighted by atomic mass is 35.5. The molecular formula is C18H17ClN2O4S. The Balaban J connectivity index is 2.08. The molecule has 2 aromatic rings. The molecule has 2 amide bonds. The minimum atomic E-state index is -0.449. The van der Waals surface area contributed by atoms with Crippen LogP contribution in [-0.2, 0) is 9.59 Å². The molecule has 1 N–H and O–H groups in total. The molecule has 0 bridgehead atoms. The van der Waals surface area contributed by atoms with Crippen LogP contribution in [0.15, 0.2) is 41.4 Å². The lowest BCUT2D eigenvalue weighted by Gasteiger charge is -2.20. The van der Waals surface area contributed by atoms with Crippen molar-refractivity contribution in [1.29, 1.82) is 0 Å². The van der Waals surface area contributed by atoms with Crippen LogP contribution >= 0.6 is 22.9 Å². The number of halogens is 1. The zero-order valence-electron chi connectivity index (χ0n) is 14.2. The van der Waals surface area contributed by atoms with E-state index in [9.17, 15) is 14.7 Å². The van der Waals surface area contributed by atoms with Crippen LogP contribution in [0.3, 0.4) is 0 Å². The highest BCUT2D eigenvalue weighted by molar-refractivity contribution is 7.11. The van der Waals surface area contributed by atoms with Crippen molar-refractivity contribution in [2.75, 3.05) is 32.2 Å². The second-order valence-electron chi connectivity index (χ2n) is 5.61. The van der Waals surface area contributed by atoms with Gasteiger partial charge >= 0.3 is 0 Å². The zero-order chi connectivity index (χ0) is 18.8. The van der Waals surface area contributed by atoms with Gasteiger partial charge in [0.2, 0.25) is 0 Å². The Morgan fingerprint density at radius 2 is 2.04 bits per heavy atom. The number of carbonyl (C=O) groups excluding carboxylic acids is 2. The fourth-order valence-corrected chi connectivity index (χ4v) is 3.82. The molecule has 1 aromatic heterocycles. The second kappa shape index (κ2) is 7.49. The summed E-state index contributed by atoms with van der Waals surface area (Å²) < 4.78 is 5.12. The number of likely N-dealkylation sites (N-methyl/N-ethyl adjacent to an activating group) is 1. The number of rotatable bonds is 6.